The molecule has 1 N–H and O–H groups in total. The number of nitrogens with one attached hydrogen (secondary N) is 1. The Bertz CT molecular complexity index is 427. The summed E-state index contributed by atoms with van der Waals surface area (Å²) in [5.74, 6) is 0.909. The molecule has 21 heavy (non-hydrogen) atoms. The Morgan fingerprint density at radius 3 is 2.33 bits per heavy atom. The van der Waals surface area contributed by atoms with Gasteiger partial charge in [0.2, 0.25) is 0 Å². The summed E-state index contributed by atoms with van der Waals surface area (Å²) >= 11 is 0. The Hall–Kier alpha value is -0.980. The van der Waals surface area contributed by atoms with E-state index in [0.29, 0.717) is 11.5 Å². The second-order valence-electron chi connectivity index (χ2n) is 7.44. The number of aryl methyl sites for hydroxylation is 1. The first-order valence-electron chi connectivity index (χ1n) is 8.91. The molecule has 1 aliphatic carbocycles. The van der Waals surface area contributed by atoms with Gasteiger partial charge in [0.1, 0.15) is 0 Å². The van der Waals surface area contributed by atoms with Crippen LogP contribution in [0.2, 0.25) is 0 Å². The lowest BCUT2D eigenvalue weighted by Gasteiger charge is -2.39. The second-order valence-corrected chi connectivity index (χ2v) is 7.44. The molecule has 0 bridgehead atoms. The fraction of sp³-hybridized carbons (Fsp3) is 0.700. The van der Waals surface area contributed by atoms with Crippen LogP contribution in [0.25, 0.3) is 0 Å². The molecule has 118 valence electrons. The third-order valence-electron chi connectivity index (χ3n) is 5.64. The van der Waals surface area contributed by atoms with E-state index in [1.165, 1.54) is 56.2 Å². The molecule has 1 nitrogen and oxygen atoms in total. The van der Waals surface area contributed by atoms with Crippen LogP contribution in [0.1, 0.15) is 71.8 Å². The van der Waals surface area contributed by atoms with Crippen molar-refractivity contribution in [3.63, 3.8) is 0 Å². The minimum atomic E-state index is 0.519. The molecular formula is C20H33N. The van der Waals surface area contributed by atoms with Gasteiger partial charge in [-0.25, -0.2) is 0 Å². The van der Waals surface area contributed by atoms with E-state index in [0.717, 1.165) is 5.92 Å². The lowest BCUT2D eigenvalue weighted by Crippen LogP contribution is -2.32. The molecule has 1 aromatic carbocycles. The van der Waals surface area contributed by atoms with Gasteiger partial charge >= 0.3 is 0 Å². The maximum Gasteiger partial charge on any atom is 0.0374 e. The van der Waals surface area contributed by atoms with E-state index in [9.17, 15) is 0 Å². The quantitative estimate of drug-likeness (QED) is 0.672. The van der Waals surface area contributed by atoms with Gasteiger partial charge in [0.25, 0.3) is 0 Å². The standard InChI is InChI=1S/C20H33N/c1-5-9-16-10-7-8-11-19(16)21-18-14-12-17(13-15-18)20(3,4)6-2/h7-8,10-11,17-18,21H,5-6,9,12-15H2,1-4H3. The maximum absolute atomic E-state index is 3.82. The van der Waals surface area contributed by atoms with Crippen molar-refractivity contribution in [1.29, 1.82) is 0 Å². The van der Waals surface area contributed by atoms with Gasteiger partial charge in [-0.05, 0) is 55.1 Å². The Morgan fingerprint density at radius 1 is 1.05 bits per heavy atom. The fourth-order valence-electron chi connectivity index (χ4n) is 3.68. The summed E-state index contributed by atoms with van der Waals surface area (Å²) < 4.78 is 0. The van der Waals surface area contributed by atoms with E-state index >= 15 is 0 Å². The zero-order valence-corrected chi connectivity index (χ0v) is 14.4. The summed E-state index contributed by atoms with van der Waals surface area (Å²) in [6, 6.07) is 9.53. The molecule has 1 aromatic rings. The van der Waals surface area contributed by atoms with E-state index in [-0.39, 0.29) is 0 Å². The van der Waals surface area contributed by atoms with Crippen molar-refractivity contribution >= 4 is 5.69 Å². The van der Waals surface area contributed by atoms with E-state index in [4.69, 9.17) is 0 Å². The molecule has 0 atom stereocenters. The van der Waals surface area contributed by atoms with Gasteiger partial charge < -0.3 is 5.32 Å². The first-order chi connectivity index (χ1) is 10.1. The van der Waals surface area contributed by atoms with E-state index in [1.54, 1.807) is 0 Å². The molecule has 0 aliphatic heterocycles. The number of hydrogen-bond acceptors (Lipinski definition) is 1. The Balaban J connectivity index is 1.92. The third-order valence-corrected chi connectivity index (χ3v) is 5.64. The van der Waals surface area contributed by atoms with Crippen molar-refractivity contribution in [2.24, 2.45) is 11.3 Å². The lowest BCUT2D eigenvalue weighted by atomic mass is 9.69. The number of hydrogen-bond donors (Lipinski definition) is 1. The summed E-state index contributed by atoms with van der Waals surface area (Å²) in [7, 11) is 0. The van der Waals surface area contributed by atoms with Gasteiger partial charge in [0.05, 0.1) is 0 Å². The van der Waals surface area contributed by atoms with Crippen LogP contribution < -0.4 is 5.32 Å². The molecular weight excluding hydrogens is 254 g/mol. The predicted octanol–water partition coefficient (Wildman–Crippen LogP) is 6.05. The molecule has 0 spiro atoms. The Kier molecular flexibility index (Phi) is 5.72. The van der Waals surface area contributed by atoms with Gasteiger partial charge in [-0.15, -0.1) is 0 Å². The topological polar surface area (TPSA) is 12.0 Å². The monoisotopic (exact) mass is 287 g/mol. The number of rotatable bonds is 6. The highest BCUT2D eigenvalue weighted by molar-refractivity contribution is 5.51. The SMILES string of the molecule is CCCc1ccccc1NC1CCC(C(C)(C)CC)CC1. The molecule has 1 aliphatic rings. The van der Waals surface area contributed by atoms with Gasteiger partial charge in [0.15, 0.2) is 0 Å². The molecule has 1 fully saturated rings. The molecule has 1 saturated carbocycles. The van der Waals surface area contributed by atoms with Crippen LogP contribution in [-0.2, 0) is 6.42 Å². The molecule has 0 saturated heterocycles. The first-order valence-corrected chi connectivity index (χ1v) is 8.91. The zero-order chi connectivity index (χ0) is 15.3. The fourth-order valence-corrected chi connectivity index (χ4v) is 3.68. The Labute approximate surface area is 131 Å². The van der Waals surface area contributed by atoms with Crippen molar-refractivity contribution in [3.8, 4) is 0 Å². The third kappa shape index (κ3) is 4.25. The normalized spacial score (nSPS) is 23.0. The summed E-state index contributed by atoms with van der Waals surface area (Å²) in [4.78, 5) is 0. The largest absolute Gasteiger partial charge is 0.382 e. The molecule has 2 rings (SSSR count). The summed E-state index contributed by atoms with van der Waals surface area (Å²) in [5, 5.41) is 3.82. The van der Waals surface area contributed by atoms with Crippen molar-refractivity contribution in [1.82, 2.24) is 0 Å². The molecule has 0 radical (unpaired) electrons. The Morgan fingerprint density at radius 2 is 1.71 bits per heavy atom. The molecule has 0 amide bonds. The van der Waals surface area contributed by atoms with E-state index in [2.05, 4.69) is 57.3 Å². The van der Waals surface area contributed by atoms with Crippen LogP contribution in [-0.4, -0.2) is 6.04 Å². The smallest absolute Gasteiger partial charge is 0.0374 e. The van der Waals surface area contributed by atoms with E-state index in [1.807, 2.05) is 0 Å². The minimum absolute atomic E-state index is 0.519. The predicted molar refractivity (Wildman–Crippen MR) is 93.9 cm³/mol. The van der Waals surface area contributed by atoms with Gasteiger partial charge in [-0.2, -0.15) is 0 Å². The average molecular weight is 287 g/mol. The average Bonchev–Trinajstić information content (AvgIpc) is 2.50. The highest BCUT2D eigenvalue weighted by atomic mass is 14.9. The van der Waals surface area contributed by atoms with E-state index < -0.39 is 0 Å². The number of anilines is 1. The van der Waals surface area contributed by atoms with Crippen molar-refractivity contribution in [2.75, 3.05) is 5.32 Å². The lowest BCUT2D eigenvalue weighted by molar-refractivity contribution is 0.147. The highest BCUT2D eigenvalue weighted by Crippen LogP contribution is 2.41. The molecule has 1 heteroatoms. The maximum atomic E-state index is 3.82. The number of benzene rings is 1. The van der Waals surface area contributed by atoms with Crippen LogP contribution >= 0.6 is 0 Å². The van der Waals surface area contributed by atoms with Crippen LogP contribution in [0, 0.1) is 11.3 Å². The van der Waals surface area contributed by atoms with Gasteiger partial charge in [0, 0.05) is 11.7 Å². The van der Waals surface area contributed by atoms with Crippen LogP contribution in [0.3, 0.4) is 0 Å². The van der Waals surface area contributed by atoms with Crippen LogP contribution in [0.15, 0.2) is 24.3 Å². The summed E-state index contributed by atoms with van der Waals surface area (Å²) in [5.41, 5.74) is 3.37. The van der Waals surface area contributed by atoms with Gasteiger partial charge in [-0.3, -0.25) is 0 Å². The first kappa shape index (κ1) is 16.4. The summed E-state index contributed by atoms with van der Waals surface area (Å²) in [6.07, 6.45) is 9.12. The van der Waals surface area contributed by atoms with Gasteiger partial charge in [-0.1, -0.05) is 58.7 Å². The van der Waals surface area contributed by atoms with Crippen LogP contribution in [0.4, 0.5) is 5.69 Å². The molecule has 0 aromatic heterocycles. The van der Waals surface area contributed by atoms with Crippen molar-refractivity contribution < 1.29 is 0 Å². The highest BCUT2D eigenvalue weighted by Gasteiger charge is 2.31. The van der Waals surface area contributed by atoms with Crippen LogP contribution in [0.5, 0.6) is 0 Å². The number of para-hydroxylation sites is 1. The van der Waals surface area contributed by atoms with Crippen molar-refractivity contribution in [3.05, 3.63) is 29.8 Å². The summed E-state index contributed by atoms with van der Waals surface area (Å²) in [6.45, 7) is 9.49. The zero-order valence-electron chi connectivity index (χ0n) is 14.4. The molecule has 0 unspecified atom stereocenters. The molecule has 0 heterocycles. The second kappa shape index (κ2) is 7.33. The van der Waals surface area contributed by atoms with Crippen molar-refractivity contribution in [2.45, 2.75) is 78.7 Å². The minimum Gasteiger partial charge on any atom is -0.382 e.